The van der Waals surface area contributed by atoms with Crippen molar-refractivity contribution in [1.82, 2.24) is 14.9 Å². The number of rotatable bonds is 9. The molecular weight excluding hydrogens is 790 g/mol. The second kappa shape index (κ2) is 14.8. The van der Waals surface area contributed by atoms with Crippen molar-refractivity contribution in [3.63, 3.8) is 0 Å². The third-order valence-corrected chi connectivity index (χ3v) is 18.2. The zero-order valence-corrected chi connectivity index (χ0v) is 39.8. The number of hydrogen-bond donors (Lipinski definition) is 0. The molecule has 6 aliphatic carbocycles. The van der Waals surface area contributed by atoms with E-state index >= 15 is 0 Å². The van der Waals surface area contributed by atoms with Gasteiger partial charge in [0.1, 0.15) is 17.8 Å². The van der Waals surface area contributed by atoms with Crippen LogP contribution in [-0.4, -0.2) is 63.0 Å². The number of Topliss-reactive ketones (excluding diaryl/α,β-unsaturated/α-hetero) is 1. The number of amides is 1. The van der Waals surface area contributed by atoms with E-state index in [-0.39, 0.29) is 81.8 Å². The lowest BCUT2D eigenvalue weighted by Crippen LogP contribution is -2.66. The molecule has 0 spiro atoms. The van der Waals surface area contributed by atoms with Crippen molar-refractivity contribution in [2.45, 2.75) is 184 Å². The molecule has 10 atom stereocenters. The highest BCUT2D eigenvalue weighted by atomic mass is 35.5. The van der Waals surface area contributed by atoms with Gasteiger partial charge in [0.15, 0.2) is 11.6 Å². The molecular formula is C50H72ClN3O7. The minimum atomic E-state index is -0.991. The summed E-state index contributed by atoms with van der Waals surface area (Å²) in [6, 6.07) is -0.272. The fourth-order valence-corrected chi connectivity index (χ4v) is 14.9. The molecule has 0 N–H and O–H groups in total. The number of cyclic esters (lactones) is 1. The van der Waals surface area contributed by atoms with Gasteiger partial charge >= 0.3 is 18.0 Å². The molecule has 0 radical (unpaired) electrons. The average Bonchev–Trinajstić information content (AvgIpc) is 3.83. The van der Waals surface area contributed by atoms with Crippen molar-refractivity contribution in [1.29, 1.82) is 0 Å². The van der Waals surface area contributed by atoms with Gasteiger partial charge < -0.3 is 14.2 Å². The molecule has 1 aromatic heterocycles. The highest BCUT2D eigenvalue weighted by Gasteiger charge is 2.72. The highest BCUT2D eigenvalue weighted by Crippen LogP contribution is 2.77. The molecule has 10 nitrogen and oxygen atoms in total. The van der Waals surface area contributed by atoms with Crippen LogP contribution in [0.1, 0.15) is 172 Å². The lowest BCUT2D eigenvalue weighted by molar-refractivity contribution is -0.235. The fraction of sp³-hybridized carbons (Fsp3) is 0.800. The summed E-state index contributed by atoms with van der Waals surface area (Å²) in [5.74, 6) is 1.51. The van der Waals surface area contributed by atoms with Crippen molar-refractivity contribution in [3.05, 3.63) is 34.4 Å². The first kappa shape index (κ1) is 44.6. The van der Waals surface area contributed by atoms with Crippen LogP contribution >= 0.6 is 11.6 Å². The summed E-state index contributed by atoms with van der Waals surface area (Å²) in [6.07, 6.45) is 12.4. The summed E-state index contributed by atoms with van der Waals surface area (Å²) in [5.41, 5.74) is -0.0868. The number of halogens is 1. The average molecular weight is 863 g/mol. The molecule has 0 aromatic carbocycles. The Kier molecular flexibility index (Phi) is 10.8. The van der Waals surface area contributed by atoms with E-state index in [2.05, 4.69) is 58.4 Å². The minimum Gasteiger partial charge on any atom is -0.462 e. The summed E-state index contributed by atoms with van der Waals surface area (Å²) in [7, 11) is 0. The Labute approximate surface area is 369 Å². The van der Waals surface area contributed by atoms with Gasteiger partial charge in [0.2, 0.25) is 0 Å². The Hall–Kier alpha value is -3.01. The molecule has 336 valence electrons. The molecule has 1 aromatic rings. The van der Waals surface area contributed by atoms with Crippen molar-refractivity contribution in [3.8, 4) is 0 Å². The number of allylic oxidation sites excluding steroid dienone is 1. The van der Waals surface area contributed by atoms with E-state index in [0.717, 1.165) is 69.8 Å². The van der Waals surface area contributed by atoms with Crippen LogP contribution in [-0.2, 0) is 28.6 Å². The number of carbonyl (C=O) groups is 4. The summed E-state index contributed by atoms with van der Waals surface area (Å²) in [4.78, 5) is 66.1. The molecule has 2 heterocycles. The third-order valence-electron chi connectivity index (χ3n) is 18.0. The Morgan fingerprint density at radius 1 is 0.885 bits per heavy atom. The summed E-state index contributed by atoms with van der Waals surface area (Å²) in [6.45, 7) is 26.1. The zero-order chi connectivity index (χ0) is 44.5. The van der Waals surface area contributed by atoms with Gasteiger partial charge in [0.25, 0.3) is 0 Å². The van der Waals surface area contributed by atoms with Crippen molar-refractivity contribution in [2.75, 3.05) is 6.54 Å². The quantitative estimate of drug-likeness (QED) is 0.176. The standard InChI is InChI=1S/C50H72ClN3O7/c1-28(2)38-32(55)23-50(36-27-54(43(58)60-36)40(29-13-14-29)41-52-25-30(51)26-53-41)22-21-48(11)31(39(38)50)15-16-34-47(10)19-18-35(46(8,9)33(47)17-20-49(34,48)12)59-37(56)24-45(6,7)42(57)61-44(3,4)5/h25-26,28-29,31,33-36,40H,13-24,27H2,1-12H3/t31-,33+,34-,35+,36+,40?,47+,48-,49-,50+/m1/s1. The third kappa shape index (κ3) is 7.08. The summed E-state index contributed by atoms with van der Waals surface area (Å²) < 4.78 is 18.5. The van der Waals surface area contributed by atoms with Crippen LogP contribution in [0.5, 0.6) is 0 Å². The van der Waals surface area contributed by atoms with Gasteiger partial charge in [-0.05, 0) is 156 Å². The van der Waals surface area contributed by atoms with Gasteiger partial charge in [-0.25, -0.2) is 14.8 Å². The second-order valence-corrected chi connectivity index (χ2v) is 24.3. The van der Waals surface area contributed by atoms with Gasteiger partial charge in [-0.15, -0.1) is 0 Å². The van der Waals surface area contributed by atoms with Crippen molar-refractivity contribution < 1.29 is 33.4 Å². The van der Waals surface area contributed by atoms with E-state index in [1.807, 2.05) is 25.7 Å². The van der Waals surface area contributed by atoms with Gasteiger partial charge in [-0.2, -0.15) is 0 Å². The van der Waals surface area contributed by atoms with E-state index in [1.165, 1.54) is 5.57 Å². The fourth-order valence-electron chi connectivity index (χ4n) is 14.8. The lowest BCUT2D eigenvalue weighted by atomic mass is 9.33. The van der Waals surface area contributed by atoms with Gasteiger partial charge in [-0.3, -0.25) is 19.3 Å². The van der Waals surface area contributed by atoms with Crippen LogP contribution in [0.25, 0.3) is 0 Å². The largest absolute Gasteiger partial charge is 0.462 e. The van der Waals surface area contributed by atoms with Gasteiger partial charge in [0.05, 0.1) is 29.4 Å². The maximum absolute atomic E-state index is 14.4. The van der Waals surface area contributed by atoms with Crippen LogP contribution in [0.2, 0.25) is 5.02 Å². The van der Waals surface area contributed by atoms with E-state index in [1.54, 1.807) is 26.2 Å². The highest BCUT2D eigenvalue weighted by molar-refractivity contribution is 6.30. The molecule has 11 heteroatoms. The first-order chi connectivity index (χ1) is 28.3. The van der Waals surface area contributed by atoms with Crippen molar-refractivity contribution in [2.24, 2.45) is 62.1 Å². The summed E-state index contributed by atoms with van der Waals surface area (Å²) >= 11 is 6.18. The predicted octanol–water partition coefficient (Wildman–Crippen LogP) is 11.1. The Morgan fingerprint density at radius 3 is 2.18 bits per heavy atom. The number of ketones is 1. The molecule has 6 fully saturated rings. The monoisotopic (exact) mass is 862 g/mol. The van der Waals surface area contributed by atoms with Crippen LogP contribution in [0.3, 0.4) is 0 Å². The number of esters is 2. The lowest BCUT2D eigenvalue weighted by Gasteiger charge is -2.72. The van der Waals surface area contributed by atoms with E-state index in [0.29, 0.717) is 35.6 Å². The molecule has 1 amide bonds. The van der Waals surface area contributed by atoms with Crippen LogP contribution in [0, 0.1) is 62.1 Å². The predicted molar refractivity (Wildman–Crippen MR) is 233 cm³/mol. The van der Waals surface area contributed by atoms with Gasteiger partial charge in [-0.1, -0.05) is 60.1 Å². The van der Waals surface area contributed by atoms with Crippen LogP contribution in [0.4, 0.5) is 4.79 Å². The number of hydrogen-bond acceptors (Lipinski definition) is 9. The molecule has 1 unspecified atom stereocenters. The zero-order valence-electron chi connectivity index (χ0n) is 39.0. The smallest absolute Gasteiger partial charge is 0.410 e. The Morgan fingerprint density at radius 2 is 1.56 bits per heavy atom. The number of nitrogens with zero attached hydrogens (tertiary/aromatic N) is 3. The maximum Gasteiger partial charge on any atom is 0.410 e. The maximum atomic E-state index is 14.4. The van der Waals surface area contributed by atoms with E-state index < -0.39 is 22.5 Å². The molecule has 7 aliphatic rings. The molecule has 1 saturated heterocycles. The van der Waals surface area contributed by atoms with Crippen LogP contribution in [0.15, 0.2) is 23.5 Å². The molecule has 61 heavy (non-hydrogen) atoms. The number of ether oxygens (including phenoxy) is 3. The Bertz CT molecular complexity index is 2000. The number of aromatic nitrogens is 2. The molecule has 0 bridgehead atoms. The molecule has 8 rings (SSSR count). The molecule has 1 aliphatic heterocycles. The minimum absolute atomic E-state index is 0.0203. The topological polar surface area (TPSA) is 125 Å². The molecule has 5 saturated carbocycles. The first-order valence-electron chi connectivity index (χ1n) is 23.4. The number of fused-ring (bicyclic) bond motifs is 7. The normalized spacial score (nSPS) is 37.7. The SMILES string of the molecule is CC(C)C1=C2[C@H]3CC[C@@H]4[C@@]5(C)CC[C@H](OC(=O)CC(C)(C)C(=O)OC(C)(C)C)C(C)(C)[C@@H]5CC[C@@]4(C)[C@]3(C)CC[C@@]2([C@@H]2CN(C(c3ncc(Cl)cn3)C3CC3)C(=O)O2)CC1=O. The van der Waals surface area contributed by atoms with Crippen LogP contribution < -0.4 is 0 Å². The van der Waals surface area contributed by atoms with E-state index in [4.69, 9.17) is 25.8 Å². The van der Waals surface area contributed by atoms with Crippen molar-refractivity contribution >= 4 is 35.4 Å². The Balaban J connectivity index is 1.05. The second-order valence-electron chi connectivity index (χ2n) is 23.8. The van der Waals surface area contributed by atoms with E-state index in [9.17, 15) is 19.2 Å². The first-order valence-corrected chi connectivity index (χ1v) is 23.8. The summed E-state index contributed by atoms with van der Waals surface area (Å²) in [5, 5.41) is 0.463. The van der Waals surface area contributed by atoms with Gasteiger partial charge in [0, 0.05) is 29.6 Å². The number of carbonyl (C=O) groups excluding carboxylic acids is 4.